The van der Waals surface area contributed by atoms with E-state index < -0.39 is 5.60 Å². The third-order valence-corrected chi connectivity index (χ3v) is 3.86. The summed E-state index contributed by atoms with van der Waals surface area (Å²) in [7, 11) is 0. The molecule has 2 aromatic carbocycles. The van der Waals surface area contributed by atoms with Crippen LogP contribution < -0.4 is 5.73 Å². The van der Waals surface area contributed by atoms with Gasteiger partial charge in [-0.25, -0.2) is 4.79 Å². The number of ether oxygens (including phenoxy) is 1. The molecule has 0 heterocycles. The largest absolute Gasteiger partial charge is 0.444 e. The summed E-state index contributed by atoms with van der Waals surface area (Å²) in [4.78, 5) is 14.3. The lowest BCUT2D eigenvalue weighted by atomic mass is 10.1. The summed E-state index contributed by atoms with van der Waals surface area (Å²) >= 11 is 0. The van der Waals surface area contributed by atoms with Crippen molar-refractivity contribution in [1.82, 2.24) is 4.90 Å². The Kier molecular flexibility index (Phi) is 6.77. The average Bonchev–Trinajstić information content (AvgIpc) is 2.61. The number of nitrogens with zero attached hydrogens (tertiary/aromatic N) is 1. The van der Waals surface area contributed by atoms with Crippen molar-refractivity contribution in [2.24, 2.45) is 5.73 Å². The molecule has 5 nitrogen and oxygen atoms in total. The quantitative estimate of drug-likeness (QED) is 0.829. The number of benzene rings is 2. The number of rotatable bonds is 6. The van der Waals surface area contributed by atoms with Gasteiger partial charge in [0.2, 0.25) is 0 Å². The van der Waals surface area contributed by atoms with Crippen molar-refractivity contribution in [3.63, 3.8) is 0 Å². The van der Waals surface area contributed by atoms with Crippen LogP contribution in [0.2, 0.25) is 0 Å². The fourth-order valence-corrected chi connectivity index (χ4v) is 2.48. The van der Waals surface area contributed by atoms with Crippen molar-refractivity contribution in [2.45, 2.75) is 52.6 Å². The second-order valence-electron chi connectivity index (χ2n) is 7.33. The van der Waals surface area contributed by atoms with Crippen molar-refractivity contribution in [2.75, 3.05) is 0 Å². The molecule has 5 heteroatoms. The molecule has 0 saturated heterocycles. The van der Waals surface area contributed by atoms with E-state index in [9.17, 15) is 9.90 Å². The Bertz CT molecular complexity index is 654. The molecule has 2 rings (SSSR count). The van der Waals surface area contributed by atoms with Crippen LogP contribution in [0.5, 0.6) is 0 Å². The van der Waals surface area contributed by atoms with Crippen LogP contribution in [0, 0.1) is 0 Å². The minimum atomic E-state index is -0.556. The molecule has 0 aliphatic carbocycles. The molecule has 0 saturated carbocycles. The van der Waals surface area contributed by atoms with Crippen LogP contribution in [0.15, 0.2) is 48.5 Å². The number of hydrogen-bond acceptors (Lipinski definition) is 4. The summed E-state index contributed by atoms with van der Waals surface area (Å²) in [6, 6.07) is 15.5. The molecule has 0 unspecified atom stereocenters. The number of nitrogens with two attached hydrogens (primary N) is 1. The lowest BCUT2D eigenvalue weighted by Crippen LogP contribution is -2.36. The standard InChI is InChI=1S/C21H28N2O3/c1-21(2,3)26-20(25)23(13-17-6-4-16(12-22)5-7-17)14-18-8-10-19(15-24)11-9-18/h4-11,24H,12-15,22H2,1-3H3. The van der Waals surface area contributed by atoms with Crippen molar-refractivity contribution >= 4 is 6.09 Å². The van der Waals surface area contributed by atoms with Gasteiger partial charge in [-0.15, -0.1) is 0 Å². The molecular formula is C21H28N2O3. The summed E-state index contributed by atoms with van der Waals surface area (Å²) in [5, 5.41) is 9.17. The maximum atomic E-state index is 12.7. The Hall–Kier alpha value is -2.37. The molecular weight excluding hydrogens is 328 g/mol. The zero-order valence-corrected chi connectivity index (χ0v) is 15.7. The summed E-state index contributed by atoms with van der Waals surface area (Å²) in [6.07, 6.45) is -0.355. The molecule has 140 valence electrons. The van der Waals surface area contributed by atoms with Gasteiger partial charge in [-0.1, -0.05) is 48.5 Å². The summed E-state index contributed by atoms with van der Waals surface area (Å²) in [5.41, 5.74) is 8.97. The normalized spacial score (nSPS) is 11.3. The molecule has 0 radical (unpaired) electrons. The van der Waals surface area contributed by atoms with Crippen LogP contribution in [0.4, 0.5) is 4.79 Å². The third-order valence-electron chi connectivity index (χ3n) is 3.86. The molecule has 0 fully saturated rings. The molecule has 0 aliphatic heterocycles. The van der Waals surface area contributed by atoms with Crippen LogP contribution in [0.25, 0.3) is 0 Å². The number of amides is 1. The Morgan fingerprint density at radius 1 is 0.923 bits per heavy atom. The maximum absolute atomic E-state index is 12.7. The van der Waals surface area contributed by atoms with Gasteiger partial charge in [-0.05, 0) is 43.0 Å². The minimum absolute atomic E-state index is 0.00352. The first-order chi connectivity index (χ1) is 12.3. The van der Waals surface area contributed by atoms with E-state index in [1.54, 1.807) is 4.90 Å². The van der Waals surface area contributed by atoms with Gasteiger partial charge >= 0.3 is 6.09 Å². The summed E-state index contributed by atoms with van der Waals surface area (Å²) in [5.74, 6) is 0. The maximum Gasteiger partial charge on any atom is 0.410 e. The van der Waals surface area contributed by atoms with Crippen molar-refractivity contribution < 1.29 is 14.6 Å². The van der Waals surface area contributed by atoms with Gasteiger partial charge in [0, 0.05) is 19.6 Å². The molecule has 0 atom stereocenters. The number of hydrogen-bond donors (Lipinski definition) is 2. The van der Waals surface area contributed by atoms with Gasteiger partial charge in [-0.2, -0.15) is 0 Å². The first-order valence-electron chi connectivity index (χ1n) is 8.75. The Labute approximate surface area is 155 Å². The monoisotopic (exact) mass is 356 g/mol. The van der Waals surface area contributed by atoms with Gasteiger partial charge in [0.25, 0.3) is 0 Å². The van der Waals surface area contributed by atoms with Gasteiger partial charge < -0.3 is 15.6 Å². The lowest BCUT2D eigenvalue weighted by Gasteiger charge is -2.27. The predicted molar refractivity (Wildman–Crippen MR) is 102 cm³/mol. The molecule has 0 spiro atoms. The molecule has 3 N–H and O–H groups in total. The minimum Gasteiger partial charge on any atom is -0.444 e. The van der Waals surface area contributed by atoms with Crippen molar-refractivity contribution in [3.05, 3.63) is 70.8 Å². The zero-order chi connectivity index (χ0) is 19.2. The van der Waals surface area contributed by atoms with E-state index in [2.05, 4.69) is 0 Å². The second kappa shape index (κ2) is 8.83. The number of carbonyl (C=O) groups excluding carboxylic acids is 1. The molecule has 0 aliphatic rings. The highest BCUT2D eigenvalue weighted by Gasteiger charge is 2.22. The first kappa shape index (κ1) is 19.9. The highest BCUT2D eigenvalue weighted by atomic mass is 16.6. The zero-order valence-electron chi connectivity index (χ0n) is 15.7. The van der Waals surface area contributed by atoms with Crippen molar-refractivity contribution in [1.29, 1.82) is 0 Å². The van der Waals surface area contributed by atoms with E-state index in [1.165, 1.54) is 0 Å². The van der Waals surface area contributed by atoms with Gasteiger partial charge in [-0.3, -0.25) is 4.90 Å². The Balaban J connectivity index is 2.17. The van der Waals surface area contributed by atoms with Crippen LogP contribution >= 0.6 is 0 Å². The summed E-state index contributed by atoms with van der Waals surface area (Å²) in [6.45, 7) is 6.94. The Morgan fingerprint density at radius 2 is 1.35 bits per heavy atom. The molecule has 1 amide bonds. The number of aliphatic hydroxyl groups is 1. The molecule has 26 heavy (non-hydrogen) atoms. The van der Waals surface area contributed by atoms with Gasteiger partial charge in [0.05, 0.1) is 6.61 Å². The number of aliphatic hydroxyl groups excluding tert-OH is 1. The molecule has 0 bridgehead atoms. The first-order valence-corrected chi connectivity index (χ1v) is 8.75. The van der Waals surface area contributed by atoms with Crippen molar-refractivity contribution in [3.8, 4) is 0 Å². The van der Waals surface area contributed by atoms with E-state index in [0.29, 0.717) is 19.6 Å². The van der Waals surface area contributed by atoms with E-state index in [0.717, 1.165) is 22.3 Å². The topological polar surface area (TPSA) is 75.8 Å². The second-order valence-corrected chi connectivity index (χ2v) is 7.33. The van der Waals surface area contributed by atoms with E-state index in [4.69, 9.17) is 10.5 Å². The highest BCUT2D eigenvalue weighted by Crippen LogP contribution is 2.17. The van der Waals surface area contributed by atoms with Crippen LogP contribution in [-0.2, 0) is 31.0 Å². The molecule has 0 aromatic heterocycles. The predicted octanol–water partition coefficient (Wildman–Crippen LogP) is 3.57. The van der Waals surface area contributed by atoms with Gasteiger partial charge in [0.15, 0.2) is 0 Å². The van der Waals surface area contributed by atoms with Gasteiger partial charge in [0.1, 0.15) is 5.60 Å². The Morgan fingerprint density at radius 3 is 1.73 bits per heavy atom. The smallest absolute Gasteiger partial charge is 0.410 e. The summed E-state index contributed by atoms with van der Waals surface area (Å²) < 4.78 is 5.56. The average molecular weight is 356 g/mol. The van der Waals surface area contributed by atoms with Crippen LogP contribution in [0.3, 0.4) is 0 Å². The fourth-order valence-electron chi connectivity index (χ4n) is 2.48. The highest BCUT2D eigenvalue weighted by molar-refractivity contribution is 5.68. The third kappa shape index (κ3) is 6.17. The fraction of sp³-hybridized carbons (Fsp3) is 0.381. The SMILES string of the molecule is CC(C)(C)OC(=O)N(Cc1ccc(CN)cc1)Cc1ccc(CO)cc1. The van der Waals surface area contributed by atoms with E-state index >= 15 is 0 Å². The molecule has 2 aromatic rings. The number of carbonyl (C=O) groups is 1. The van der Waals surface area contributed by atoms with E-state index in [1.807, 2.05) is 69.3 Å². The van der Waals surface area contributed by atoms with Crippen LogP contribution in [-0.4, -0.2) is 21.7 Å². The lowest BCUT2D eigenvalue weighted by molar-refractivity contribution is 0.0216. The van der Waals surface area contributed by atoms with Crippen LogP contribution in [0.1, 0.15) is 43.0 Å². The van der Waals surface area contributed by atoms with E-state index in [-0.39, 0.29) is 12.7 Å².